The maximum absolute atomic E-state index is 5.35. The molecule has 5 heteroatoms. The summed E-state index contributed by atoms with van der Waals surface area (Å²) < 4.78 is 16.4. The second-order valence-corrected chi connectivity index (χ2v) is 4.14. The zero-order valence-corrected chi connectivity index (χ0v) is 11.4. The minimum absolute atomic E-state index is 0.585. The van der Waals surface area contributed by atoms with E-state index in [9.17, 15) is 0 Å². The van der Waals surface area contributed by atoms with Gasteiger partial charge >= 0.3 is 0 Å². The lowest BCUT2D eigenvalue weighted by Gasteiger charge is -2.08. The predicted molar refractivity (Wildman–Crippen MR) is 67.5 cm³/mol. The van der Waals surface area contributed by atoms with Gasteiger partial charge in [0, 0.05) is 6.92 Å². The average Bonchev–Trinajstić information content (AvgIpc) is 2.67. The molecule has 2 aromatic rings. The molecule has 1 aromatic heterocycles. The summed E-state index contributed by atoms with van der Waals surface area (Å²) in [5.74, 6) is 2.06. The van der Waals surface area contributed by atoms with E-state index >= 15 is 0 Å². The van der Waals surface area contributed by atoms with Crippen molar-refractivity contribution in [2.24, 2.45) is 0 Å². The molecule has 0 N–H and O–H groups in total. The maximum atomic E-state index is 5.35. The number of benzene rings is 1. The van der Waals surface area contributed by atoms with E-state index in [1.807, 2.05) is 18.2 Å². The highest BCUT2D eigenvalue weighted by atomic mass is 79.9. The first-order chi connectivity index (χ1) is 8.15. The van der Waals surface area contributed by atoms with Crippen LogP contribution in [0.4, 0.5) is 0 Å². The normalized spacial score (nSPS) is 10.4. The first-order valence-electron chi connectivity index (χ1n) is 5.01. The van der Waals surface area contributed by atoms with Crippen LogP contribution in [0.3, 0.4) is 0 Å². The molecule has 0 saturated carbocycles. The van der Waals surface area contributed by atoms with Crippen molar-refractivity contribution in [1.82, 2.24) is 4.98 Å². The molecule has 90 valence electrons. The number of hydrogen-bond donors (Lipinski definition) is 0. The molecule has 1 heterocycles. The summed E-state index contributed by atoms with van der Waals surface area (Å²) in [7, 11) is 3.24. The molecule has 1 aromatic carbocycles. The molecule has 0 saturated heterocycles. The number of halogens is 1. The van der Waals surface area contributed by atoms with Crippen LogP contribution < -0.4 is 9.47 Å². The van der Waals surface area contributed by atoms with Crippen molar-refractivity contribution in [1.29, 1.82) is 0 Å². The monoisotopic (exact) mass is 297 g/mol. The molecule has 0 bridgehead atoms. The van der Waals surface area contributed by atoms with Gasteiger partial charge in [-0.1, -0.05) is 0 Å². The number of hydrogen-bond acceptors (Lipinski definition) is 4. The van der Waals surface area contributed by atoms with Gasteiger partial charge in [0.25, 0.3) is 0 Å². The van der Waals surface area contributed by atoms with E-state index < -0.39 is 0 Å². The van der Waals surface area contributed by atoms with Gasteiger partial charge in [0.05, 0.1) is 19.8 Å². The van der Waals surface area contributed by atoms with Crippen molar-refractivity contribution >= 4 is 15.9 Å². The molecule has 0 spiro atoms. The molecule has 0 aliphatic heterocycles. The molecular weight excluding hydrogens is 286 g/mol. The molecule has 17 heavy (non-hydrogen) atoms. The van der Waals surface area contributed by atoms with Gasteiger partial charge in [0.15, 0.2) is 10.6 Å². The Balaban J connectivity index is 2.59. The van der Waals surface area contributed by atoms with Gasteiger partial charge < -0.3 is 13.9 Å². The van der Waals surface area contributed by atoms with Crippen LogP contribution in [-0.2, 0) is 0 Å². The van der Waals surface area contributed by atoms with Gasteiger partial charge in [-0.05, 0) is 34.1 Å². The van der Waals surface area contributed by atoms with Crippen LogP contribution in [0, 0.1) is 6.92 Å². The number of aryl methyl sites for hydroxylation is 1. The zero-order chi connectivity index (χ0) is 12.4. The van der Waals surface area contributed by atoms with E-state index in [0.717, 1.165) is 17.1 Å². The van der Waals surface area contributed by atoms with Crippen molar-refractivity contribution < 1.29 is 13.9 Å². The quantitative estimate of drug-likeness (QED) is 0.871. The summed E-state index contributed by atoms with van der Waals surface area (Å²) in [6.45, 7) is 1.79. The second kappa shape index (κ2) is 4.79. The fourth-order valence-electron chi connectivity index (χ4n) is 1.57. The molecule has 0 radical (unpaired) electrons. The van der Waals surface area contributed by atoms with Gasteiger partial charge in [-0.2, -0.15) is 0 Å². The SMILES string of the molecule is COc1ccc(OC)c(-c2nc(C)oc2Br)c1. The number of oxazole rings is 1. The molecule has 0 fully saturated rings. The highest BCUT2D eigenvalue weighted by Gasteiger charge is 2.16. The van der Waals surface area contributed by atoms with Crippen LogP contribution in [0.1, 0.15) is 5.89 Å². The molecular formula is C12H12BrNO3. The molecule has 4 nitrogen and oxygen atoms in total. The topological polar surface area (TPSA) is 44.5 Å². The Hall–Kier alpha value is -1.49. The lowest BCUT2D eigenvalue weighted by atomic mass is 10.1. The minimum atomic E-state index is 0.585. The van der Waals surface area contributed by atoms with E-state index in [0.29, 0.717) is 16.3 Å². The average molecular weight is 298 g/mol. The van der Waals surface area contributed by atoms with Gasteiger partial charge in [0.2, 0.25) is 0 Å². The number of methoxy groups -OCH3 is 2. The van der Waals surface area contributed by atoms with Gasteiger partial charge in [-0.15, -0.1) is 0 Å². The van der Waals surface area contributed by atoms with Crippen molar-refractivity contribution in [2.45, 2.75) is 6.92 Å². The summed E-state index contributed by atoms with van der Waals surface area (Å²) in [6, 6.07) is 5.54. The Morgan fingerprint density at radius 2 is 2.00 bits per heavy atom. The minimum Gasteiger partial charge on any atom is -0.497 e. The first-order valence-corrected chi connectivity index (χ1v) is 5.80. The van der Waals surface area contributed by atoms with Crippen LogP contribution in [0.5, 0.6) is 11.5 Å². The molecule has 0 unspecified atom stereocenters. The first kappa shape index (κ1) is 12.0. The van der Waals surface area contributed by atoms with E-state index in [2.05, 4.69) is 20.9 Å². The molecule has 2 rings (SSSR count). The summed E-state index contributed by atoms with van der Waals surface area (Å²) in [6.07, 6.45) is 0. The fourth-order valence-corrected chi connectivity index (χ4v) is 2.10. The third kappa shape index (κ3) is 2.29. The van der Waals surface area contributed by atoms with Gasteiger partial charge in [-0.3, -0.25) is 0 Å². The Morgan fingerprint density at radius 1 is 1.24 bits per heavy atom. The Bertz CT molecular complexity index is 537. The summed E-state index contributed by atoms with van der Waals surface area (Å²) in [4.78, 5) is 4.32. The van der Waals surface area contributed by atoms with Crippen molar-refractivity contribution in [3.63, 3.8) is 0 Å². The van der Waals surface area contributed by atoms with E-state index in [4.69, 9.17) is 13.9 Å². The van der Waals surface area contributed by atoms with Crippen molar-refractivity contribution in [3.8, 4) is 22.8 Å². The largest absolute Gasteiger partial charge is 0.497 e. The molecule has 0 atom stereocenters. The number of nitrogens with zero attached hydrogens (tertiary/aromatic N) is 1. The van der Waals surface area contributed by atoms with E-state index in [1.165, 1.54) is 0 Å². The highest BCUT2D eigenvalue weighted by molar-refractivity contribution is 9.10. The summed E-state index contributed by atoms with van der Waals surface area (Å²) in [5.41, 5.74) is 1.54. The van der Waals surface area contributed by atoms with Gasteiger partial charge in [-0.25, -0.2) is 4.98 Å². The summed E-state index contributed by atoms with van der Waals surface area (Å²) in [5, 5.41) is 0. The van der Waals surface area contributed by atoms with E-state index in [1.54, 1.807) is 21.1 Å². The molecule has 0 aliphatic carbocycles. The lowest BCUT2D eigenvalue weighted by molar-refractivity contribution is 0.404. The molecule has 0 amide bonds. The Labute approximate surface area is 108 Å². The fraction of sp³-hybridized carbons (Fsp3) is 0.250. The number of rotatable bonds is 3. The van der Waals surface area contributed by atoms with Crippen molar-refractivity contribution in [3.05, 3.63) is 28.8 Å². The van der Waals surface area contributed by atoms with Gasteiger partial charge in [0.1, 0.15) is 17.2 Å². The zero-order valence-electron chi connectivity index (χ0n) is 9.78. The lowest BCUT2D eigenvalue weighted by Crippen LogP contribution is -1.91. The van der Waals surface area contributed by atoms with Crippen LogP contribution in [-0.4, -0.2) is 19.2 Å². The number of aromatic nitrogens is 1. The van der Waals surface area contributed by atoms with Crippen LogP contribution >= 0.6 is 15.9 Å². The van der Waals surface area contributed by atoms with Crippen LogP contribution in [0.2, 0.25) is 0 Å². The summed E-state index contributed by atoms with van der Waals surface area (Å²) >= 11 is 3.34. The maximum Gasteiger partial charge on any atom is 0.197 e. The standard InChI is InChI=1S/C12H12BrNO3/c1-7-14-11(12(13)17-7)9-6-8(15-2)4-5-10(9)16-3/h4-6H,1-3H3. The predicted octanol–water partition coefficient (Wildman–Crippen LogP) is 3.43. The highest BCUT2D eigenvalue weighted by Crippen LogP contribution is 2.37. The Kier molecular flexibility index (Phi) is 3.38. The third-order valence-electron chi connectivity index (χ3n) is 2.35. The van der Waals surface area contributed by atoms with Crippen molar-refractivity contribution in [2.75, 3.05) is 14.2 Å². The third-order valence-corrected chi connectivity index (χ3v) is 2.89. The Morgan fingerprint density at radius 3 is 2.53 bits per heavy atom. The number of ether oxygens (including phenoxy) is 2. The van der Waals surface area contributed by atoms with E-state index in [-0.39, 0.29) is 0 Å². The van der Waals surface area contributed by atoms with Crippen LogP contribution in [0.25, 0.3) is 11.3 Å². The van der Waals surface area contributed by atoms with Crippen LogP contribution in [0.15, 0.2) is 27.3 Å². The smallest absolute Gasteiger partial charge is 0.197 e. The second-order valence-electron chi connectivity index (χ2n) is 3.42. The molecule has 0 aliphatic rings.